The fourth-order valence-electron chi connectivity index (χ4n) is 2.10. The average Bonchev–Trinajstić information content (AvgIpc) is 2.64. The van der Waals surface area contributed by atoms with Crippen LogP contribution in [-0.4, -0.2) is 43.2 Å². The van der Waals surface area contributed by atoms with Gasteiger partial charge in [-0.3, -0.25) is 9.98 Å². The molecule has 0 radical (unpaired) electrons. The Kier molecular flexibility index (Phi) is 8.78. The first-order chi connectivity index (χ1) is 12.4. The molecule has 0 atom stereocenters. The number of aromatic hydroxyl groups is 1. The van der Waals surface area contributed by atoms with E-state index in [0.717, 1.165) is 22.6 Å². The Hall–Kier alpha value is -2.95. The third-order valence-electron chi connectivity index (χ3n) is 3.60. The van der Waals surface area contributed by atoms with E-state index >= 15 is 0 Å². The third kappa shape index (κ3) is 6.89. The van der Waals surface area contributed by atoms with Gasteiger partial charge in [0.1, 0.15) is 5.75 Å². The lowest BCUT2D eigenvalue weighted by Crippen LogP contribution is -2.10. The summed E-state index contributed by atoms with van der Waals surface area (Å²) in [7, 11) is 3.54. The molecule has 0 bridgehead atoms. The van der Waals surface area contributed by atoms with E-state index in [4.69, 9.17) is 4.74 Å². The van der Waals surface area contributed by atoms with Crippen molar-refractivity contribution in [2.45, 2.75) is 20.3 Å². The molecular weight excluding hydrogens is 328 g/mol. The van der Waals surface area contributed by atoms with Gasteiger partial charge < -0.3 is 9.84 Å². The minimum Gasteiger partial charge on any atom is -0.508 e. The van der Waals surface area contributed by atoms with E-state index in [1.165, 1.54) is 0 Å². The Morgan fingerprint density at radius 3 is 2.19 bits per heavy atom. The van der Waals surface area contributed by atoms with Crippen LogP contribution in [0.15, 0.2) is 64.6 Å². The lowest BCUT2D eigenvalue weighted by molar-refractivity contribution is -0.138. The van der Waals surface area contributed by atoms with Gasteiger partial charge in [-0.05, 0) is 43.2 Å². The molecule has 0 aromatic heterocycles. The fraction of sp³-hybridized carbons (Fsp3) is 0.286. The Morgan fingerprint density at radius 1 is 1.15 bits per heavy atom. The van der Waals surface area contributed by atoms with Gasteiger partial charge in [-0.25, -0.2) is 4.79 Å². The van der Waals surface area contributed by atoms with Crippen molar-refractivity contribution in [1.29, 1.82) is 0 Å². The second-order valence-corrected chi connectivity index (χ2v) is 5.72. The molecule has 0 saturated heterocycles. The van der Waals surface area contributed by atoms with Crippen LogP contribution < -0.4 is 0 Å². The summed E-state index contributed by atoms with van der Waals surface area (Å²) in [4.78, 5) is 19.2. The highest BCUT2D eigenvalue weighted by Crippen LogP contribution is 2.17. The van der Waals surface area contributed by atoms with Gasteiger partial charge in [-0.2, -0.15) is 0 Å². The maximum absolute atomic E-state index is 11.1. The van der Waals surface area contributed by atoms with Gasteiger partial charge in [0.05, 0.1) is 18.0 Å². The maximum Gasteiger partial charge on any atom is 0.333 e. The number of nitrogens with zero attached hydrogens (tertiary/aromatic N) is 2. The second kappa shape index (κ2) is 10.8. The third-order valence-corrected chi connectivity index (χ3v) is 3.60. The zero-order chi connectivity index (χ0) is 19.5. The number of hydrogen-bond acceptors (Lipinski definition) is 5. The van der Waals surface area contributed by atoms with Crippen LogP contribution in [0.3, 0.4) is 0 Å². The quantitative estimate of drug-likeness (QED) is 0.510. The summed E-state index contributed by atoms with van der Waals surface area (Å²) in [6.07, 6.45) is 8.44. The van der Waals surface area contributed by atoms with E-state index < -0.39 is 0 Å². The number of phenols is 1. The number of carbonyl (C=O) groups is 1. The highest BCUT2D eigenvalue weighted by molar-refractivity contribution is 6.51. The van der Waals surface area contributed by atoms with Crippen LogP contribution in [0, 0.1) is 6.92 Å². The number of aliphatic imine (C=N–C) groups is 2. The Balaban J connectivity index is 0.000000289. The number of phenolic OH excluding ortho intramolecular Hbond substituents is 1. The predicted molar refractivity (Wildman–Crippen MR) is 107 cm³/mol. The highest BCUT2D eigenvalue weighted by Gasteiger charge is 2.04. The Labute approximate surface area is 155 Å². The number of allylic oxidation sites excluding steroid dienone is 4. The fourth-order valence-corrected chi connectivity index (χ4v) is 2.10. The number of benzene rings is 1. The first-order valence-corrected chi connectivity index (χ1v) is 8.28. The summed E-state index contributed by atoms with van der Waals surface area (Å²) < 4.78 is 4.98. The Bertz CT molecular complexity index is 745. The number of hydrogen-bond donors (Lipinski definition) is 1. The topological polar surface area (TPSA) is 71.2 Å². The molecule has 5 heteroatoms. The summed E-state index contributed by atoms with van der Waals surface area (Å²) in [5, 5.41) is 9.33. The molecule has 0 unspecified atom stereocenters. The van der Waals surface area contributed by atoms with Crippen molar-refractivity contribution < 1.29 is 14.6 Å². The maximum atomic E-state index is 11.1. The van der Waals surface area contributed by atoms with E-state index in [9.17, 15) is 9.90 Å². The molecule has 0 saturated carbocycles. The zero-order valence-electron chi connectivity index (χ0n) is 15.8. The minimum absolute atomic E-state index is 0.280. The first-order valence-electron chi connectivity index (χ1n) is 8.28. The van der Waals surface area contributed by atoms with Crippen molar-refractivity contribution >= 4 is 17.4 Å². The van der Waals surface area contributed by atoms with Crippen molar-refractivity contribution in [1.82, 2.24) is 0 Å². The highest BCUT2D eigenvalue weighted by atomic mass is 16.5. The first kappa shape index (κ1) is 21.1. The molecule has 0 aliphatic heterocycles. The molecule has 138 valence electrons. The van der Waals surface area contributed by atoms with E-state index in [-0.39, 0.29) is 11.7 Å². The summed E-state index contributed by atoms with van der Waals surface area (Å²) in [5.74, 6) is -0.0850. The zero-order valence-corrected chi connectivity index (χ0v) is 15.8. The molecule has 26 heavy (non-hydrogen) atoms. The monoisotopic (exact) mass is 354 g/mol. The molecule has 1 aromatic rings. The van der Waals surface area contributed by atoms with Crippen LogP contribution in [0.2, 0.25) is 0 Å². The van der Waals surface area contributed by atoms with Crippen LogP contribution in [0.5, 0.6) is 5.75 Å². The number of rotatable bonds is 4. The molecule has 0 spiro atoms. The molecule has 2 rings (SSSR count). The summed E-state index contributed by atoms with van der Waals surface area (Å²) in [6.45, 7) is 7.28. The minimum atomic E-state index is -0.365. The van der Waals surface area contributed by atoms with Gasteiger partial charge in [0.15, 0.2) is 0 Å². The Morgan fingerprint density at radius 2 is 1.73 bits per heavy atom. The SMILES string of the molecule is C=C(C)C(=O)OCCc1ccc(O)c(C)c1.CN=C1C=CC=CC1=NC. The smallest absolute Gasteiger partial charge is 0.333 e. The number of esters is 1. The van der Waals surface area contributed by atoms with Crippen molar-refractivity contribution in [3.05, 3.63) is 65.8 Å². The van der Waals surface area contributed by atoms with Crippen LogP contribution >= 0.6 is 0 Å². The number of aryl methyl sites for hydroxylation is 1. The van der Waals surface area contributed by atoms with Gasteiger partial charge in [0.2, 0.25) is 0 Å². The van der Waals surface area contributed by atoms with Crippen LogP contribution in [0.25, 0.3) is 0 Å². The molecular formula is C21H26N2O3. The standard InChI is InChI=1S/C13H16O3.C8H10N2/c1-9(2)13(15)16-7-6-11-4-5-12(14)10(3)8-11;1-9-7-5-3-4-6-8(7)10-2/h4-5,8,14H,1,6-7H2,2-3H3;3-6H,1-2H3. The van der Waals surface area contributed by atoms with Crippen molar-refractivity contribution in [2.24, 2.45) is 9.98 Å². The normalized spacial score (nSPS) is 15.5. The van der Waals surface area contributed by atoms with Crippen LogP contribution in [0.4, 0.5) is 0 Å². The van der Waals surface area contributed by atoms with Gasteiger partial charge >= 0.3 is 5.97 Å². The van der Waals surface area contributed by atoms with Gasteiger partial charge in [0, 0.05) is 26.1 Å². The van der Waals surface area contributed by atoms with E-state index in [1.54, 1.807) is 27.1 Å². The number of carbonyl (C=O) groups excluding carboxylic acids is 1. The van der Waals surface area contributed by atoms with Crippen LogP contribution in [-0.2, 0) is 16.0 Å². The molecule has 1 aromatic carbocycles. The summed E-state index contributed by atoms with van der Waals surface area (Å²) in [6, 6.07) is 5.34. The van der Waals surface area contributed by atoms with Crippen molar-refractivity contribution in [3.63, 3.8) is 0 Å². The van der Waals surface area contributed by atoms with E-state index in [1.807, 2.05) is 43.4 Å². The van der Waals surface area contributed by atoms with E-state index in [0.29, 0.717) is 18.6 Å². The van der Waals surface area contributed by atoms with Crippen molar-refractivity contribution in [3.8, 4) is 5.75 Å². The molecule has 5 nitrogen and oxygen atoms in total. The van der Waals surface area contributed by atoms with Crippen molar-refractivity contribution in [2.75, 3.05) is 20.7 Å². The molecule has 1 aliphatic rings. The van der Waals surface area contributed by atoms with Crippen LogP contribution in [0.1, 0.15) is 18.1 Å². The second-order valence-electron chi connectivity index (χ2n) is 5.72. The molecule has 0 fully saturated rings. The van der Waals surface area contributed by atoms with Gasteiger partial charge in [-0.1, -0.05) is 30.9 Å². The lowest BCUT2D eigenvalue weighted by atomic mass is 10.1. The summed E-state index contributed by atoms with van der Waals surface area (Å²) >= 11 is 0. The molecule has 0 amide bonds. The average molecular weight is 354 g/mol. The lowest BCUT2D eigenvalue weighted by Gasteiger charge is -2.06. The van der Waals surface area contributed by atoms with Gasteiger partial charge in [0.25, 0.3) is 0 Å². The molecule has 1 aliphatic carbocycles. The predicted octanol–water partition coefficient (Wildman–Crippen LogP) is 3.62. The van der Waals surface area contributed by atoms with E-state index in [2.05, 4.69) is 16.6 Å². The molecule has 1 N–H and O–H groups in total. The number of ether oxygens (including phenoxy) is 1. The van der Waals surface area contributed by atoms with Gasteiger partial charge in [-0.15, -0.1) is 0 Å². The summed E-state index contributed by atoms with van der Waals surface area (Å²) in [5.41, 5.74) is 4.16. The molecule has 0 heterocycles. The largest absolute Gasteiger partial charge is 0.508 e.